The fraction of sp³-hybridized carbons (Fsp3) is 0.143. The molecule has 0 aromatic heterocycles. The molecule has 2 heteroatoms. The van der Waals surface area contributed by atoms with Gasteiger partial charge in [0.15, 0.2) is 0 Å². The number of benzene rings is 1. The summed E-state index contributed by atoms with van der Waals surface area (Å²) in [4.78, 5) is 0. The van der Waals surface area contributed by atoms with Crippen LogP contribution >= 0.6 is 0 Å². The van der Waals surface area contributed by atoms with Gasteiger partial charge in [0, 0.05) is 12.7 Å². The average Bonchev–Trinajstić information content (AvgIpc) is 2.34. The molecule has 0 amide bonds. The minimum atomic E-state index is 0.538. The zero-order chi connectivity index (χ0) is 11.8. The lowest BCUT2D eigenvalue weighted by Gasteiger charge is -2.05. The van der Waals surface area contributed by atoms with E-state index in [0.717, 1.165) is 11.3 Å². The first-order chi connectivity index (χ1) is 7.72. The van der Waals surface area contributed by atoms with Crippen molar-refractivity contribution in [2.24, 2.45) is 0 Å². The molecule has 1 rings (SSSR count). The molecule has 0 aliphatic carbocycles. The molecule has 1 N–H and O–H groups in total. The molecule has 1 aromatic rings. The topological polar surface area (TPSA) is 21.3 Å². The maximum absolute atomic E-state index is 5.47. The fourth-order valence-electron chi connectivity index (χ4n) is 1.08. The van der Waals surface area contributed by atoms with Gasteiger partial charge in [-0.15, -0.1) is 0 Å². The van der Waals surface area contributed by atoms with Crippen molar-refractivity contribution in [3.63, 3.8) is 0 Å². The summed E-state index contributed by atoms with van der Waals surface area (Å²) in [5.74, 6) is 0.625. The smallest absolute Gasteiger partial charge is 0.113 e. The van der Waals surface area contributed by atoms with Crippen LogP contribution in [0.15, 0.2) is 67.1 Å². The van der Waals surface area contributed by atoms with Crippen molar-refractivity contribution in [3.8, 4) is 0 Å². The van der Waals surface area contributed by atoms with Gasteiger partial charge < -0.3 is 10.1 Å². The van der Waals surface area contributed by atoms with Crippen LogP contribution < -0.4 is 5.32 Å². The second kappa shape index (κ2) is 6.51. The molecule has 0 fully saturated rings. The predicted molar refractivity (Wildman–Crippen MR) is 67.7 cm³/mol. The summed E-state index contributed by atoms with van der Waals surface area (Å²) in [5.41, 5.74) is 1.95. The van der Waals surface area contributed by atoms with E-state index in [1.807, 2.05) is 43.5 Å². The second-order valence-corrected chi connectivity index (χ2v) is 3.35. The number of hydrogen-bond donors (Lipinski definition) is 1. The third-order valence-corrected chi connectivity index (χ3v) is 2.06. The molecule has 0 spiro atoms. The lowest BCUT2D eigenvalue weighted by Crippen LogP contribution is -2.00. The van der Waals surface area contributed by atoms with E-state index in [0.29, 0.717) is 12.4 Å². The van der Waals surface area contributed by atoms with Crippen LogP contribution in [0, 0.1) is 0 Å². The Morgan fingerprint density at radius 3 is 2.56 bits per heavy atom. The summed E-state index contributed by atoms with van der Waals surface area (Å²) in [7, 11) is 1.82. The second-order valence-electron chi connectivity index (χ2n) is 3.35. The van der Waals surface area contributed by atoms with Crippen LogP contribution in [0.2, 0.25) is 0 Å². The Kier molecular flexibility index (Phi) is 4.93. The number of likely N-dealkylation sites (N-methyl/N-ethyl adjacent to an activating group) is 1. The maximum Gasteiger partial charge on any atom is 0.113 e. The van der Waals surface area contributed by atoms with Crippen LogP contribution in [-0.4, -0.2) is 7.05 Å². The van der Waals surface area contributed by atoms with Crippen LogP contribution in [-0.2, 0) is 11.3 Å². The van der Waals surface area contributed by atoms with Crippen molar-refractivity contribution >= 4 is 0 Å². The van der Waals surface area contributed by atoms with Crippen LogP contribution in [0.1, 0.15) is 5.56 Å². The summed E-state index contributed by atoms with van der Waals surface area (Å²) in [6, 6.07) is 9.99. The normalized spacial score (nSPS) is 10.1. The Morgan fingerprint density at radius 1 is 1.25 bits per heavy atom. The molecule has 1 aromatic carbocycles. The molecule has 0 heterocycles. The third-order valence-electron chi connectivity index (χ3n) is 2.06. The number of ether oxygens (including phenoxy) is 1. The van der Waals surface area contributed by atoms with Crippen LogP contribution in [0.3, 0.4) is 0 Å². The molecule has 0 saturated heterocycles. The first kappa shape index (κ1) is 12.1. The first-order valence-corrected chi connectivity index (χ1v) is 5.12. The van der Waals surface area contributed by atoms with Gasteiger partial charge in [-0.25, -0.2) is 0 Å². The van der Waals surface area contributed by atoms with Gasteiger partial charge >= 0.3 is 0 Å². The van der Waals surface area contributed by atoms with Crippen molar-refractivity contribution in [2.45, 2.75) is 6.61 Å². The van der Waals surface area contributed by atoms with Crippen LogP contribution in [0.25, 0.3) is 0 Å². The summed E-state index contributed by atoms with van der Waals surface area (Å²) >= 11 is 0. The predicted octanol–water partition coefficient (Wildman–Crippen LogP) is 3.01. The largest absolute Gasteiger partial charge is 0.490 e. The zero-order valence-corrected chi connectivity index (χ0v) is 9.57. The number of allylic oxidation sites excluding steroid dienone is 2. The van der Waals surface area contributed by atoms with Gasteiger partial charge in [-0.1, -0.05) is 43.5 Å². The molecule has 0 unspecified atom stereocenters. The Hall–Kier alpha value is -1.96. The minimum Gasteiger partial charge on any atom is -0.490 e. The van der Waals surface area contributed by atoms with Gasteiger partial charge in [-0.3, -0.25) is 0 Å². The summed E-state index contributed by atoms with van der Waals surface area (Å²) < 4.78 is 5.47. The molecule has 0 saturated carbocycles. The standard InChI is InChI=1S/C14H17NO/c1-12(15-3)9-10-13(2)16-11-14-7-5-4-6-8-14/h4-10,15H,1-2,11H2,3H3/b10-9-. The van der Waals surface area contributed by atoms with Gasteiger partial charge in [-0.2, -0.15) is 0 Å². The average molecular weight is 215 g/mol. The van der Waals surface area contributed by atoms with Crippen LogP contribution in [0.4, 0.5) is 0 Å². The third kappa shape index (κ3) is 4.51. The molecule has 84 valence electrons. The molecular weight excluding hydrogens is 198 g/mol. The summed E-state index contributed by atoms with van der Waals surface area (Å²) in [6.45, 7) is 8.10. The molecule has 0 atom stereocenters. The van der Waals surface area contributed by atoms with E-state index in [1.165, 1.54) is 0 Å². The Morgan fingerprint density at radius 2 is 1.94 bits per heavy atom. The monoisotopic (exact) mass is 215 g/mol. The molecule has 0 radical (unpaired) electrons. The SMILES string of the molecule is C=C(/C=C\C(=C)OCc1ccccc1)NC. The molecular formula is C14H17NO. The molecule has 0 aliphatic heterocycles. The van der Waals surface area contributed by atoms with E-state index in [9.17, 15) is 0 Å². The van der Waals surface area contributed by atoms with E-state index < -0.39 is 0 Å². The number of hydrogen-bond acceptors (Lipinski definition) is 2. The molecule has 0 aliphatic rings. The van der Waals surface area contributed by atoms with Crippen molar-refractivity contribution in [3.05, 3.63) is 72.7 Å². The van der Waals surface area contributed by atoms with Gasteiger partial charge in [0.2, 0.25) is 0 Å². The Bertz CT molecular complexity index is 379. The lowest BCUT2D eigenvalue weighted by molar-refractivity contribution is 0.212. The lowest BCUT2D eigenvalue weighted by atomic mass is 10.2. The highest BCUT2D eigenvalue weighted by molar-refractivity contribution is 5.20. The zero-order valence-electron chi connectivity index (χ0n) is 9.57. The molecule has 2 nitrogen and oxygen atoms in total. The number of nitrogens with one attached hydrogen (secondary N) is 1. The van der Waals surface area contributed by atoms with E-state index in [-0.39, 0.29) is 0 Å². The molecule has 0 bridgehead atoms. The number of rotatable bonds is 6. The fourth-order valence-corrected chi connectivity index (χ4v) is 1.08. The van der Waals surface area contributed by atoms with Gasteiger partial charge in [0.25, 0.3) is 0 Å². The van der Waals surface area contributed by atoms with E-state index in [4.69, 9.17) is 4.74 Å². The van der Waals surface area contributed by atoms with Crippen LogP contribution in [0.5, 0.6) is 0 Å². The van der Waals surface area contributed by atoms with Gasteiger partial charge in [0.05, 0.1) is 0 Å². The van der Waals surface area contributed by atoms with Gasteiger partial charge in [0.1, 0.15) is 12.4 Å². The minimum absolute atomic E-state index is 0.538. The van der Waals surface area contributed by atoms with Gasteiger partial charge in [-0.05, 0) is 17.7 Å². The van der Waals surface area contributed by atoms with E-state index >= 15 is 0 Å². The Labute approximate surface area is 96.9 Å². The highest BCUT2D eigenvalue weighted by atomic mass is 16.5. The summed E-state index contributed by atoms with van der Waals surface area (Å²) in [6.07, 6.45) is 3.62. The molecule has 16 heavy (non-hydrogen) atoms. The highest BCUT2D eigenvalue weighted by Crippen LogP contribution is 2.05. The van der Waals surface area contributed by atoms with Crippen molar-refractivity contribution < 1.29 is 4.74 Å². The summed E-state index contributed by atoms with van der Waals surface area (Å²) in [5, 5.41) is 2.92. The van der Waals surface area contributed by atoms with Crippen molar-refractivity contribution in [2.75, 3.05) is 7.05 Å². The Balaban J connectivity index is 2.36. The highest BCUT2D eigenvalue weighted by Gasteiger charge is 1.92. The maximum atomic E-state index is 5.47. The first-order valence-electron chi connectivity index (χ1n) is 5.12. The van der Waals surface area contributed by atoms with E-state index in [2.05, 4.69) is 18.5 Å². The quantitative estimate of drug-likeness (QED) is 0.582. The van der Waals surface area contributed by atoms with Crippen molar-refractivity contribution in [1.82, 2.24) is 5.32 Å². The van der Waals surface area contributed by atoms with Crippen molar-refractivity contribution in [1.29, 1.82) is 0 Å². The van der Waals surface area contributed by atoms with E-state index in [1.54, 1.807) is 6.08 Å².